The van der Waals surface area contributed by atoms with Gasteiger partial charge in [0.2, 0.25) is 5.91 Å². The molecule has 0 bridgehead atoms. The predicted octanol–water partition coefficient (Wildman–Crippen LogP) is 1.14. The fraction of sp³-hybridized carbons (Fsp3) is 0.385. The standard InChI is InChI=1S/C13H16ClNO4/c1-8-2-3-9(6-10(8)14)4-5-12(17)15-11(7-16)13(18)19/h2-3,6,11,16H,4-5,7H2,1H3,(H,15,17)(H,18,19)/t11-/m0/s1. The summed E-state index contributed by atoms with van der Waals surface area (Å²) in [5.74, 6) is -1.67. The lowest BCUT2D eigenvalue weighted by molar-refractivity contribution is -0.142. The van der Waals surface area contributed by atoms with Crippen LogP contribution in [0.2, 0.25) is 5.02 Å². The summed E-state index contributed by atoms with van der Waals surface area (Å²) in [4.78, 5) is 22.2. The number of amides is 1. The summed E-state index contributed by atoms with van der Waals surface area (Å²) in [6.45, 7) is 1.26. The topological polar surface area (TPSA) is 86.6 Å². The van der Waals surface area contributed by atoms with Gasteiger partial charge in [-0.25, -0.2) is 4.79 Å². The van der Waals surface area contributed by atoms with Crippen LogP contribution in [-0.4, -0.2) is 34.7 Å². The molecule has 1 atom stereocenters. The van der Waals surface area contributed by atoms with Crippen molar-refractivity contribution < 1.29 is 19.8 Å². The number of halogens is 1. The van der Waals surface area contributed by atoms with Gasteiger partial charge >= 0.3 is 5.97 Å². The number of aliphatic carboxylic acids is 1. The van der Waals surface area contributed by atoms with Crippen LogP contribution in [0.3, 0.4) is 0 Å². The van der Waals surface area contributed by atoms with Crippen LogP contribution in [0.1, 0.15) is 17.5 Å². The van der Waals surface area contributed by atoms with Crippen LogP contribution >= 0.6 is 11.6 Å². The molecule has 0 fully saturated rings. The zero-order valence-electron chi connectivity index (χ0n) is 10.5. The number of aryl methyl sites for hydroxylation is 2. The first-order valence-electron chi connectivity index (χ1n) is 5.82. The lowest BCUT2D eigenvalue weighted by atomic mass is 10.1. The van der Waals surface area contributed by atoms with Crippen LogP contribution in [0.15, 0.2) is 18.2 Å². The minimum absolute atomic E-state index is 0.142. The largest absolute Gasteiger partial charge is 0.480 e. The van der Waals surface area contributed by atoms with Crippen LogP contribution in [0.5, 0.6) is 0 Å². The van der Waals surface area contributed by atoms with Crippen molar-refractivity contribution in [2.45, 2.75) is 25.8 Å². The fourth-order valence-corrected chi connectivity index (χ4v) is 1.70. The Morgan fingerprint density at radius 1 is 1.42 bits per heavy atom. The number of aliphatic hydroxyl groups excluding tert-OH is 1. The maximum Gasteiger partial charge on any atom is 0.328 e. The second-order valence-electron chi connectivity index (χ2n) is 4.22. The van der Waals surface area contributed by atoms with Gasteiger partial charge in [-0.05, 0) is 30.5 Å². The average Bonchev–Trinajstić information content (AvgIpc) is 2.37. The molecule has 0 aromatic heterocycles. The molecule has 1 aromatic carbocycles. The highest BCUT2D eigenvalue weighted by Gasteiger charge is 2.18. The van der Waals surface area contributed by atoms with Crippen molar-refractivity contribution in [2.75, 3.05) is 6.61 Å². The van der Waals surface area contributed by atoms with Crippen LogP contribution in [0, 0.1) is 6.92 Å². The Kier molecular flexibility index (Phi) is 5.79. The van der Waals surface area contributed by atoms with Crippen LogP contribution in [-0.2, 0) is 16.0 Å². The Hall–Kier alpha value is -1.59. The van der Waals surface area contributed by atoms with Gasteiger partial charge in [0.05, 0.1) is 6.61 Å². The number of benzene rings is 1. The highest BCUT2D eigenvalue weighted by atomic mass is 35.5. The Bertz CT molecular complexity index is 476. The van der Waals surface area contributed by atoms with Gasteiger partial charge in [-0.3, -0.25) is 4.79 Å². The van der Waals surface area contributed by atoms with E-state index in [1.54, 1.807) is 6.07 Å². The maximum absolute atomic E-state index is 11.5. The van der Waals surface area contributed by atoms with Crippen molar-refractivity contribution >= 4 is 23.5 Å². The summed E-state index contributed by atoms with van der Waals surface area (Å²) in [5.41, 5.74) is 1.86. The number of nitrogens with one attached hydrogen (secondary N) is 1. The van der Waals surface area contributed by atoms with E-state index in [2.05, 4.69) is 5.32 Å². The third kappa shape index (κ3) is 4.89. The molecule has 0 aliphatic carbocycles. The minimum Gasteiger partial charge on any atom is -0.480 e. The first kappa shape index (κ1) is 15.5. The van der Waals surface area contributed by atoms with Gasteiger partial charge in [0, 0.05) is 11.4 Å². The molecule has 0 aliphatic heterocycles. The first-order valence-corrected chi connectivity index (χ1v) is 6.20. The zero-order chi connectivity index (χ0) is 14.4. The molecule has 104 valence electrons. The Morgan fingerprint density at radius 3 is 2.63 bits per heavy atom. The summed E-state index contributed by atoms with van der Waals surface area (Å²) in [6.07, 6.45) is 0.604. The molecule has 5 nitrogen and oxygen atoms in total. The van der Waals surface area contributed by atoms with E-state index in [0.717, 1.165) is 11.1 Å². The smallest absolute Gasteiger partial charge is 0.328 e. The number of carbonyl (C=O) groups is 2. The van der Waals surface area contributed by atoms with Crippen molar-refractivity contribution in [3.8, 4) is 0 Å². The fourth-order valence-electron chi connectivity index (χ4n) is 1.50. The summed E-state index contributed by atoms with van der Waals surface area (Å²) >= 11 is 5.97. The van der Waals surface area contributed by atoms with Crippen LogP contribution in [0.25, 0.3) is 0 Å². The van der Waals surface area contributed by atoms with E-state index in [-0.39, 0.29) is 6.42 Å². The minimum atomic E-state index is -1.26. The molecule has 0 aliphatic rings. The molecule has 0 heterocycles. The number of carbonyl (C=O) groups excluding carboxylic acids is 1. The van der Waals surface area contributed by atoms with E-state index in [1.807, 2.05) is 19.1 Å². The van der Waals surface area contributed by atoms with Gasteiger partial charge in [-0.1, -0.05) is 23.7 Å². The van der Waals surface area contributed by atoms with Crippen LogP contribution < -0.4 is 5.32 Å². The van der Waals surface area contributed by atoms with Crippen molar-refractivity contribution in [1.82, 2.24) is 5.32 Å². The van der Waals surface area contributed by atoms with Gasteiger partial charge in [0.1, 0.15) is 6.04 Å². The van der Waals surface area contributed by atoms with E-state index in [4.69, 9.17) is 21.8 Å². The molecule has 1 rings (SSSR count). The monoisotopic (exact) mass is 285 g/mol. The molecule has 0 saturated carbocycles. The average molecular weight is 286 g/mol. The lowest BCUT2D eigenvalue weighted by Crippen LogP contribution is -2.43. The van der Waals surface area contributed by atoms with Gasteiger partial charge < -0.3 is 15.5 Å². The van der Waals surface area contributed by atoms with E-state index in [0.29, 0.717) is 11.4 Å². The Morgan fingerprint density at radius 2 is 2.11 bits per heavy atom. The van der Waals surface area contributed by atoms with E-state index in [9.17, 15) is 9.59 Å². The number of carboxylic acids is 1. The van der Waals surface area contributed by atoms with E-state index in [1.165, 1.54) is 0 Å². The molecule has 1 amide bonds. The molecular formula is C13H16ClNO4. The Balaban J connectivity index is 2.49. The van der Waals surface area contributed by atoms with E-state index >= 15 is 0 Å². The molecular weight excluding hydrogens is 270 g/mol. The Labute approximate surface area is 116 Å². The molecule has 0 unspecified atom stereocenters. The number of hydrogen-bond donors (Lipinski definition) is 3. The second-order valence-corrected chi connectivity index (χ2v) is 4.63. The van der Waals surface area contributed by atoms with Gasteiger partial charge in [-0.15, -0.1) is 0 Å². The SMILES string of the molecule is Cc1ccc(CCC(=O)N[C@@H](CO)C(=O)O)cc1Cl. The predicted molar refractivity (Wildman–Crippen MR) is 71.2 cm³/mol. The van der Waals surface area contributed by atoms with E-state index < -0.39 is 24.5 Å². The second kappa shape index (κ2) is 7.11. The highest BCUT2D eigenvalue weighted by Crippen LogP contribution is 2.17. The number of rotatable bonds is 6. The molecule has 0 spiro atoms. The van der Waals surface area contributed by atoms with Crippen LogP contribution in [0.4, 0.5) is 0 Å². The summed E-state index contributed by atoms with van der Waals surface area (Å²) in [6, 6.07) is 4.26. The van der Waals surface area contributed by atoms with Crippen molar-refractivity contribution in [3.05, 3.63) is 34.3 Å². The van der Waals surface area contributed by atoms with Gasteiger partial charge in [0.25, 0.3) is 0 Å². The zero-order valence-corrected chi connectivity index (χ0v) is 11.3. The van der Waals surface area contributed by atoms with Gasteiger partial charge in [0.15, 0.2) is 0 Å². The van der Waals surface area contributed by atoms with Gasteiger partial charge in [-0.2, -0.15) is 0 Å². The molecule has 1 aromatic rings. The van der Waals surface area contributed by atoms with Crippen molar-refractivity contribution in [3.63, 3.8) is 0 Å². The highest BCUT2D eigenvalue weighted by molar-refractivity contribution is 6.31. The summed E-state index contributed by atoms with van der Waals surface area (Å²) < 4.78 is 0. The maximum atomic E-state index is 11.5. The van der Waals surface area contributed by atoms with Crippen molar-refractivity contribution in [1.29, 1.82) is 0 Å². The number of hydrogen-bond acceptors (Lipinski definition) is 3. The molecule has 19 heavy (non-hydrogen) atoms. The summed E-state index contributed by atoms with van der Waals surface area (Å²) in [5, 5.41) is 20.3. The third-order valence-corrected chi connectivity index (χ3v) is 3.10. The molecule has 6 heteroatoms. The summed E-state index contributed by atoms with van der Waals surface area (Å²) in [7, 11) is 0. The first-order chi connectivity index (χ1) is 8.93. The molecule has 0 radical (unpaired) electrons. The lowest BCUT2D eigenvalue weighted by Gasteiger charge is -2.11. The number of carboxylic acid groups (broad SMARTS) is 1. The third-order valence-electron chi connectivity index (χ3n) is 2.69. The normalized spacial score (nSPS) is 11.9. The van der Waals surface area contributed by atoms with Crippen molar-refractivity contribution in [2.24, 2.45) is 0 Å². The molecule has 3 N–H and O–H groups in total. The number of aliphatic hydroxyl groups is 1. The quantitative estimate of drug-likeness (QED) is 0.731. The molecule has 0 saturated heterocycles.